The Morgan fingerprint density at radius 3 is 2.76 bits per heavy atom. The first-order chi connectivity index (χ1) is 9.96. The normalized spacial score (nSPS) is 16.0. The maximum absolute atomic E-state index is 12.9. The molecule has 2 N–H and O–H groups in total. The molecular weight excluding hydrogens is 288 g/mol. The van der Waals surface area contributed by atoms with Gasteiger partial charge in [0.05, 0.1) is 6.20 Å². The highest BCUT2D eigenvalue weighted by molar-refractivity contribution is 7.89. The molecule has 1 aliphatic rings. The lowest BCUT2D eigenvalue weighted by atomic mass is 10.2. The molecule has 2 rings (SSSR count). The average molecular weight is 314 g/mol. The van der Waals surface area contributed by atoms with Gasteiger partial charge in [0.1, 0.15) is 0 Å². The van der Waals surface area contributed by atoms with Crippen LogP contribution in [0, 0.1) is 5.92 Å². The third-order valence-electron chi connectivity index (χ3n) is 3.49. The van der Waals surface area contributed by atoms with E-state index in [-0.39, 0.29) is 11.1 Å². The molecule has 1 heterocycles. The minimum atomic E-state index is -3.48. The van der Waals surface area contributed by atoms with Crippen LogP contribution in [0.4, 0.5) is 0 Å². The van der Waals surface area contributed by atoms with Crippen molar-refractivity contribution in [1.82, 2.24) is 19.8 Å². The molecule has 0 bridgehead atoms. The minimum absolute atomic E-state index is 0.164. The Kier molecular flexibility index (Phi) is 5.40. The van der Waals surface area contributed by atoms with Gasteiger partial charge >= 0.3 is 0 Å². The van der Waals surface area contributed by atoms with E-state index in [0.717, 1.165) is 31.4 Å². The second-order valence-corrected chi connectivity index (χ2v) is 7.93. The minimum Gasteiger partial charge on any atom is -0.313 e. The zero-order valence-electron chi connectivity index (χ0n) is 13.1. The first kappa shape index (κ1) is 16.5. The number of rotatable bonds is 9. The number of aromatic nitrogens is 2. The molecule has 1 saturated carbocycles. The van der Waals surface area contributed by atoms with E-state index >= 15 is 0 Å². The van der Waals surface area contributed by atoms with Crippen molar-refractivity contribution in [2.45, 2.75) is 57.6 Å². The van der Waals surface area contributed by atoms with Crippen LogP contribution in [0.25, 0.3) is 0 Å². The predicted molar refractivity (Wildman–Crippen MR) is 82.3 cm³/mol. The summed E-state index contributed by atoms with van der Waals surface area (Å²) in [5.41, 5.74) is 0.720. The molecule has 0 radical (unpaired) electrons. The number of nitrogens with one attached hydrogen (secondary N) is 2. The van der Waals surface area contributed by atoms with Crippen molar-refractivity contribution < 1.29 is 8.42 Å². The lowest BCUT2D eigenvalue weighted by Crippen LogP contribution is -2.37. The van der Waals surface area contributed by atoms with Crippen LogP contribution in [0.3, 0.4) is 0 Å². The number of aromatic amines is 1. The van der Waals surface area contributed by atoms with Gasteiger partial charge in [-0.05, 0) is 31.7 Å². The van der Waals surface area contributed by atoms with E-state index in [1.54, 1.807) is 10.5 Å². The smallest absolute Gasteiger partial charge is 0.260 e. The lowest BCUT2D eigenvalue weighted by molar-refractivity contribution is 0.358. The van der Waals surface area contributed by atoms with Gasteiger partial charge in [-0.25, -0.2) is 8.42 Å². The fourth-order valence-electron chi connectivity index (χ4n) is 2.33. The van der Waals surface area contributed by atoms with Crippen molar-refractivity contribution in [2.75, 3.05) is 13.1 Å². The third-order valence-corrected chi connectivity index (χ3v) is 5.42. The summed E-state index contributed by atoms with van der Waals surface area (Å²) in [6.07, 6.45) is 4.55. The monoisotopic (exact) mass is 314 g/mol. The maximum Gasteiger partial charge on any atom is 0.260 e. The Hall–Kier alpha value is -0.920. The first-order valence-corrected chi connectivity index (χ1v) is 9.15. The molecule has 6 nitrogen and oxygen atoms in total. The van der Waals surface area contributed by atoms with Crippen molar-refractivity contribution in [3.8, 4) is 0 Å². The summed E-state index contributed by atoms with van der Waals surface area (Å²) < 4.78 is 27.4. The topological polar surface area (TPSA) is 78.1 Å². The molecule has 1 fully saturated rings. The molecule has 1 aromatic rings. The van der Waals surface area contributed by atoms with Gasteiger partial charge in [0.25, 0.3) is 10.0 Å². The van der Waals surface area contributed by atoms with Gasteiger partial charge in [0.2, 0.25) is 0 Å². The summed E-state index contributed by atoms with van der Waals surface area (Å²) in [6.45, 7) is 8.12. The van der Waals surface area contributed by atoms with Crippen LogP contribution in [0.1, 0.15) is 45.6 Å². The number of H-pyrrole nitrogens is 1. The molecule has 1 aromatic heterocycles. The van der Waals surface area contributed by atoms with E-state index in [0.29, 0.717) is 19.0 Å². The summed E-state index contributed by atoms with van der Waals surface area (Å²) in [5, 5.41) is 10.1. The van der Waals surface area contributed by atoms with E-state index in [1.807, 2.05) is 13.8 Å². The van der Waals surface area contributed by atoms with Crippen LogP contribution in [0.5, 0.6) is 0 Å². The summed E-state index contributed by atoms with van der Waals surface area (Å²) >= 11 is 0. The number of hydrogen-bond donors (Lipinski definition) is 2. The van der Waals surface area contributed by atoms with Gasteiger partial charge in [0.15, 0.2) is 5.03 Å². The largest absolute Gasteiger partial charge is 0.313 e. The van der Waals surface area contributed by atoms with Crippen molar-refractivity contribution in [2.24, 2.45) is 5.92 Å². The van der Waals surface area contributed by atoms with E-state index in [2.05, 4.69) is 22.4 Å². The number of nitrogens with zero attached hydrogens (tertiary/aromatic N) is 2. The number of sulfonamides is 1. The molecule has 120 valence electrons. The predicted octanol–water partition coefficient (Wildman–Crippen LogP) is 1.72. The van der Waals surface area contributed by atoms with Crippen LogP contribution in [0.2, 0.25) is 0 Å². The van der Waals surface area contributed by atoms with Gasteiger partial charge in [-0.3, -0.25) is 5.10 Å². The van der Waals surface area contributed by atoms with Gasteiger partial charge in [-0.15, -0.1) is 0 Å². The van der Waals surface area contributed by atoms with Crippen molar-refractivity contribution in [3.05, 3.63) is 11.8 Å². The van der Waals surface area contributed by atoms with Crippen molar-refractivity contribution in [1.29, 1.82) is 0 Å². The molecule has 0 aliphatic heterocycles. The molecule has 21 heavy (non-hydrogen) atoms. The standard InChI is InChI=1S/C14H26N4O2S/c1-4-7-15-8-12-9-16-17-14(12)21(19,20)18(10-11(2)3)13-5-6-13/h9,11,13,15H,4-8,10H2,1-3H3,(H,16,17). The van der Waals surface area contributed by atoms with E-state index in [9.17, 15) is 8.42 Å². The summed E-state index contributed by atoms with van der Waals surface area (Å²) in [5.74, 6) is 0.310. The molecule has 0 aromatic carbocycles. The lowest BCUT2D eigenvalue weighted by Gasteiger charge is -2.23. The fourth-order valence-corrected chi connectivity index (χ4v) is 4.29. The third kappa shape index (κ3) is 4.05. The molecule has 0 atom stereocenters. The van der Waals surface area contributed by atoms with Crippen LogP contribution in [0.15, 0.2) is 11.2 Å². The molecule has 0 unspecified atom stereocenters. The summed E-state index contributed by atoms with van der Waals surface area (Å²) in [4.78, 5) is 0. The maximum atomic E-state index is 12.9. The van der Waals surface area contributed by atoms with E-state index < -0.39 is 10.0 Å². The fraction of sp³-hybridized carbons (Fsp3) is 0.786. The van der Waals surface area contributed by atoms with Crippen LogP contribution >= 0.6 is 0 Å². The Balaban J connectivity index is 2.19. The highest BCUT2D eigenvalue weighted by atomic mass is 32.2. The van der Waals surface area contributed by atoms with Crippen LogP contribution in [-0.4, -0.2) is 42.1 Å². The van der Waals surface area contributed by atoms with Gasteiger partial charge in [-0.2, -0.15) is 9.40 Å². The van der Waals surface area contributed by atoms with Crippen LogP contribution in [-0.2, 0) is 16.6 Å². The molecule has 0 spiro atoms. The molecule has 1 aliphatic carbocycles. The van der Waals surface area contributed by atoms with Gasteiger partial charge in [0, 0.05) is 24.7 Å². The summed E-state index contributed by atoms with van der Waals surface area (Å²) in [6, 6.07) is 0.164. The van der Waals surface area contributed by atoms with E-state index in [1.165, 1.54) is 0 Å². The van der Waals surface area contributed by atoms with Gasteiger partial charge in [-0.1, -0.05) is 20.8 Å². The second-order valence-electron chi connectivity index (χ2n) is 6.10. The molecule has 0 amide bonds. The Morgan fingerprint density at radius 1 is 1.48 bits per heavy atom. The Bertz CT molecular complexity index is 549. The average Bonchev–Trinajstić information content (AvgIpc) is 3.14. The zero-order valence-corrected chi connectivity index (χ0v) is 13.9. The van der Waals surface area contributed by atoms with Gasteiger partial charge < -0.3 is 5.32 Å². The Labute approximate surface area is 127 Å². The Morgan fingerprint density at radius 2 is 2.19 bits per heavy atom. The number of hydrogen-bond acceptors (Lipinski definition) is 4. The molecule has 0 saturated heterocycles. The van der Waals surface area contributed by atoms with Crippen molar-refractivity contribution in [3.63, 3.8) is 0 Å². The van der Waals surface area contributed by atoms with Crippen molar-refractivity contribution >= 4 is 10.0 Å². The quantitative estimate of drug-likeness (QED) is 0.680. The SMILES string of the molecule is CCCNCc1cn[nH]c1S(=O)(=O)N(CC(C)C)C1CC1. The van der Waals surface area contributed by atoms with Crippen LogP contribution < -0.4 is 5.32 Å². The molecule has 7 heteroatoms. The second kappa shape index (κ2) is 6.89. The highest BCUT2D eigenvalue weighted by Crippen LogP contribution is 2.33. The summed E-state index contributed by atoms with van der Waals surface area (Å²) in [7, 11) is -3.48. The highest BCUT2D eigenvalue weighted by Gasteiger charge is 2.39. The van der Waals surface area contributed by atoms with E-state index in [4.69, 9.17) is 0 Å². The zero-order chi connectivity index (χ0) is 15.5. The first-order valence-electron chi connectivity index (χ1n) is 7.71. The molecular formula is C14H26N4O2S.